The number of rotatable bonds is 5. The minimum atomic E-state index is -0.580. The maximum atomic E-state index is 12.5. The lowest BCUT2D eigenvalue weighted by molar-refractivity contribution is -0.139. The first kappa shape index (κ1) is 18.3. The minimum Gasteiger partial charge on any atom is -0.462 e. The van der Waals surface area contributed by atoms with Crippen LogP contribution in [0.5, 0.6) is 0 Å². The normalized spacial score (nSPS) is 17.6. The van der Waals surface area contributed by atoms with E-state index in [0.717, 1.165) is 17.5 Å². The van der Waals surface area contributed by atoms with Crippen molar-refractivity contribution >= 4 is 23.6 Å². The number of carbonyl (C=O) groups excluding carboxylic acids is 2. The standard InChI is InChI=1S/C18H23ClN2O3/c1-10(2)7-8-24-17(22)15-12(4)20-18(23)21-16(15)13-6-5-11(3)14(19)9-13/h5-6,9-10,16H,7-8H2,1-4H3,(H2,20,21,23). The van der Waals surface area contributed by atoms with Crippen molar-refractivity contribution in [2.45, 2.75) is 40.2 Å². The van der Waals surface area contributed by atoms with Crippen LogP contribution in [0.2, 0.25) is 5.02 Å². The lowest BCUT2D eigenvalue weighted by atomic mass is 9.95. The summed E-state index contributed by atoms with van der Waals surface area (Å²) in [6.07, 6.45) is 0.791. The minimum absolute atomic E-state index is 0.350. The zero-order valence-electron chi connectivity index (χ0n) is 14.4. The van der Waals surface area contributed by atoms with Gasteiger partial charge in [-0.15, -0.1) is 0 Å². The van der Waals surface area contributed by atoms with Gasteiger partial charge < -0.3 is 15.4 Å². The van der Waals surface area contributed by atoms with E-state index < -0.39 is 12.0 Å². The molecule has 1 aliphatic heterocycles. The van der Waals surface area contributed by atoms with Gasteiger partial charge in [-0.1, -0.05) is 37.6 Å². The number of benzene rings is 1. The van der Waals surface area contributed by atoms with Crippen molar-refractivity contribution in [1.29, 1.82) is 0 Å². The van der Waals surface area contributed by atoms with Crippen LogP contribution in [0.15, 0.2) is 29.5 Å². The lowest BCUT2D eigenvalue weighted by Gasteiger charge is -2.28. The van der Waals surface area contributed by atoms with Gasteiger partial charge in [-0.05, 0) is 43.4 Å². The summed E-state index contributed by atoms with van der Waals surface area (Å²) in [4.78, 5) is 24.4. The fraction of sp³-hybridized carbons (Fsp3) is 0.444. The van der Waals surface area contributed by atoms with Gasteiger partial charge in [0.2, 0.25) is 0 Å². The number of esters is 1. The van der Waals surface area contributed by atoms with Crippen LogP contribution in [-0.2, 0) is 9.53 Å². The van der Waals surface area contributed by atoms with Gasteiger partial charge in [0.15, 0.2) is 0 Å². The average Bonchev–Trinajstić information content (AvgIpc) is 2.48. The van der Waals surface area contributed by atoms with Crippen molar-refractivity contribution < 1.29 is 14.3 Å². The fourth-order valence-electron chi connectivity index (χ4n) is 2.47. The molecule has 6 heteroatoms. The van der Waals surface area contributed by atoms with Crippen molar-refractivity contribution in [3.63, 3.8) is 0 Å². The Bertz CT molecular complexity index is 683. The number of halogens is 1. The second-order valence-corrected chi connectivity index (χ2v) is 6.80. The molecule has 0 bridgehead atoms. The molecule has 1 atom stereocenters. The number of carbonyl (C=O) groups is 2. The van der Waals surface area contributed by atoms with Crippen LogP contribution in [0, 0.1) is 12.8 Å². The van der Waals surface area contributed by atoms with Crippen molar-refractivity contribution in [2.75, 3.05) is 6.61 Å². The molecule has 0 fully saturated rings. The molecule has 130 valence electrons. The van der Waals surface area contributed by atoms with E-state index in [1.165, 1.54) is 0 Å². The Hall–Kier alpha value is -2.01. The van der Waals surface area contributed by atoms with Crippen LogP contribution >= 0.6 is 11.6 Å². The quantitative estimate of drug-likeness (QED) is 0.792. The molecule has 24 heavy (non-hydrogen) atoms. The summed E-state index contributed by atoms with van der Waals surface area (Å²) in [5.74, 6) is 0.0195. The Balaban J connectivity index is 2.29. The molecule has 1 unspecified atom stereocenters. The van der Waals surface area contributed by atoms with Gasteiger partial charge in [0, 0.05) is 10.7 Å². The highest BCUT2D eigenvalue weighted by molar-refractivity contribution is 6.31. The Kier molecular flexibility index (Phi) is 5.89. The van der Waals surface area contributed by atoms with E-state index in [4.69, 9.17) is 16.3 Å². The third-order valence-corrected chi connectivity index (χ3v) is 4.35. The molecule has 0 saturated heterocycles. The van der Waals surface area contributed by atoms with Crippen molar-refractivity contribution in [2.24, 2.45) is 5.92 Å². The number of hydrogen-bond donors (Lipinski definition) is 2. The van der Waals surface area contributed by atoms with E-state index in [-0.39, 0.29) is 6.03 Å². The summed E-state index contributed by atoms with van der Waals surface area (Å²) < 4.78 is 5.38. The molecular weight excluding hydrogens is 328 g/mol. The number of urea groups is 1. The van der Waals surface area contributed by atoms with Crippen LogP contribution in [-0.4, -0.2) is 18.6 Å². The summed E-state index contributed by atoms with van der Waals surface area (Å²) in [7, 11) is 0. The van der Waals surface area contributed by atoms with E-state index >= 15 is 0 Å². The Morgan fingerprint density at radius 2 is 2.04 bits per heavy atom. The highest BCUT2D eigenvalue weighted by Gasteiger charge is 2.32. The van der Waals surface area contributed by atoms with Crippen LogP contribution in [0.25, 0.3) is 0 Å². The third-order valence-electron chi connectivity index (χ3n) is 3.95. The first-order valence-electron chi connectivity index (χ1n) is 8.01. The smallest absolute Gasteiger partial charge is 0.338 e. The lowest BCUT2D eigenvalue weighted by Crippen LogP contribution is -2.45. The van der Waals surface area contributed by atoms with Crippen LogP contribution in [0.1, 0.15) is 44.4 Å². The molecule has 2 amide bonds. The van der Waals surface area contributed by atoms with Crippen molar-refractivity contribution in [3.8, 4) is 0 Å². The van der Waals surface area contributed by atoms with E-state index in [0.29, 0.717) is 28.8 Å². The van der Waals surface area contributed by atoms with Gasteiger partial charge in [0.05, 0.1) is 18.2 Å². The summed E-state index contributed by atoms with van der Waals surface area (Å²) in [5.41, 5.74) is 2.58. The average molecular weight is 351 g/mol. The topological polar surface area (TPSA) is 67.4 Å². The SMILES string of the molecule is CC1=C(C(=O)OCCC(C)C)C(c2ccc(C)c(Cl)c2)NC(=O)N1. The molecule has 0 radical (unpaired) electrons. The molecule has 2 N–H and O–H groups in total. The van der Waals surface area contributed by atoms with E-state index in [1.54, 1.807) is 13.0 Å². The molecule has 1 aliphatic rings. The van der Waals surface area contributed by atoms with E-state index in [1.807, 2.05) is 19.1 Å². The molecule has 0 aliphatic carbocycles. The zero-order chi connectivity index (χ0) is 17.9. The van der Waals surface area contributed by atoms with Crippen molar-refractivity contribution in [3.05, 3.63) is 45.6 Å². The molecule has 1 heterocycles. The summed E-state index contributed by atoms with van der Waals surface area (Å²) >= 11 is 6.19. The first-order chi connectivity index (χ1) is 11.3. The largest absolute Gasteiger partial charge is 0.462 e. The molecule has 0 aromatic heterocycles. The number of ether oxygens (including phenoxy) is 1. The second-order valence-electron chi connectivity index (χ2n) is 6.40. The second kappa shape index (κ2) is 7.71. The van der Waals surface area contributed by atoms with Gasteiger partial charge in [-0.2, -0.15) is 0 Å². The maximum absolute atomic E-state index is 12.5. The Labute approximate surface area is 147 Å². The predicted molar refractivity (Wildman–Crippen MR) is 93.7 cm³/mol. The molecule has 2 rings (SSSR count). The van der Waals surface area contributed by atoms with Crippen LogP contribution < -0.4 is 10.6 Å². The number of nitrogens with one attached hydrogen (secondary N) is 2. The van der Waals surface area contributed by atoms with Crippen molar-refractivity contribution in [1.82, 2.24) is 10.6 Å². The zero-order valence-corrected chi connectivity index (χ0v) is 15.2. The first-order valence-corrected chi connectivity index (χ1v) is 8.39. The number of aryl methyl sites for hydroxylation is 1. The molecule has 5 nitrogen and oxygen atoms in total. The molecular formula is C18H23ClN2O3. The number of hydrogen-bond acceptors (Lipinski definition) is 3. The molecule has 1 aromatic rings. The maximum Gasteiger partial charge on any atom is 0.338 e. The third kappa shape index (κ3) is 4.29. The van der Waals surface area contributed by atoms with Gasteiger partial charge in [-0.25, -0.2) is 9.59 Å². The highest BCUT2D eigenvalue weighted by Crippen LogP contribution is 2.30. The summed E-state index contributed by atoms with van der Waals surface area (Å²) in [6, 6.07) is 4.55. The van der Waals surface area contributed by atoms with E-state index in [9.17, 15) is 9.59 Å². The number of amides is 2. The van der Waals surface area contributed by atoms with Gasteiger partial charge in [0.25, 0.3) is 0 Å². The van der Waals surface area contributed by atoms with Gasteiger partial charge in [-0.3, -0.25) is 0 Å². The Morgan fingerprint density at radius 1 is 1.33 bits per heavy atom. The van der Waals surface area contributed by atoms with Crippen LogP contribution in [0.4, 0.5) is 4.79 Å². The fourth-order valence-corrected chi connectivity index (χ4v) is 2.66. The van der Waals surface area contributed by atoms with E-state index in [2.05, 4.69) is 24.5 Å². The van der Waals surface area contributed by atoms with Gasteiger partial charge >= 0.3 is 12.0 Å². The summed E-state index contributed by atoms with van der Waals surface area (Å²) in [5, 5.41) is 5.99. The molecule has 0 saturated carbocycles. The Morgan fingerprint density at radius 3 is 2.67 bits per heavy atom. The van der Waals surface area contributed by atoms with Gasteiger partial charge in [0.1, 0.15) is 0 Å². The molecule has 1 aromatic carbocycles. The number of allylic oxidation sites excluding steroid dienone is 1. The summed E-state index contributed by atoms with van der Waals surface area (Å²) in [6.45, 7) is 8.08. The predicted octanol–water partition coefficient (Wildman–Crippen LogP) is 3.87. The monoisotopic (exact) mass is 350 g/mol. The van der Waals surface area contributed by atoms with Crippen LogP contribution in [0.3, 0.4) is 0 Å². The highest BCUT2D eigenvalue weighted by atomic mass is 35.5. The molecule has 0 spiro atoms.